The maximum absolute atomic E-state index is 10.7. The summed E-state index contributed by atoms with van der Waals surface area (Å²) in [5, 5.41) is 15.6. The molecule has 6 heteroatoms. The van der Waals surface area contributed by atoms with Crippen LogP contribution in [0.2, 0.25) is 0 Å². The molecule has 0 unspecified atom stereocenters. The van der Waals surface area contributed by atoms with E-state index >= 15 is 0 Å². The van der Waals surface area contributed by atoms with Crippen molar-refractivity contribution in [3.63, 3.8) is 0 Å². The van der Waals surface area contributed by atoms with Crippen LogP contribution in [0.4, 0.5) is 11.6 Å². The van der Waals surface area contributed by atoms with Gasteiger partial charge in [0.05, 0.1) is 15.6 Å². The second-order valence-electron chi connectivity index (χ2n) is 4.36. The van der Waals surface area contributed by atoms with Crippen molar-refractivity contribution in [2.24, 2.45) is 0 Å². The zero-order valence-electron chi connectivity index (χ0n) is 11.7. The fourth-order valence-corrected chi connectivity index (χ4v) is 1.91. The number of hydrogen-bond donors (Lipinski definition) is 2. The molecule has 2 aromatic rings. The highest BCUT2D eigenvalue weighted by atomic mass is 16.6. The number of rotatable bonds is 5. The fourth-order valence-electron chi connectivity index (χ4n) is 1.91. The molecule has 2 rings (SSSR count). The van der Waals surface area contributed by atoms with Crippen molar-refractivity contribution in [2.75, 3.05) is 5.32 Å². The van der Waals surface area contributed by atoms with Crippen LogP contribution in [0.3, 0.4) is 0 Å². The minimum Gasteiger partial charge on any atom is -0.352 e. The van der Waals surface area contributed by atoms with Gasteiger partial charge in [-0.25, -0.2) is 4.98 Å². The molecule has 2 N–H and O–H groups in total. The van der Waals surface area contributed by atoms with E-state index < -0.39 is 4.92 Å². The molecular formula is C15H16N4O2. The maximum Gasteiger partial charge on any atom is 0.269 e. The number of aromatic amines is 1. The predicted octanol–water partition coefficient (Wildman–Crippen LogP) is 1.70. The summed E-state index contributed by atoms with van der Waals surface area (Å²) in [6, 6.07) is 6.50. The van der Waals surface area contributed by atoms with E-state index in [-0.39, 0.29) is 5.69 Å². The number of H-pyrrole nitrogens is 1. The van der Waals surface area contributed by atoms with Gasteiger partial charge in [0.25, 0.3) is 5.69 Å². The van der Waals surface area contributed by atoms with Gasteiger partial charge in [-0.3, -0.25) is 10.1 Å². The van der Waals surface area contributed by atoms with E-state index in [1.165, 1.54) is 6.07 Å². The van der Waals surface area contributed by atoms with E-state index in [1.54, 1.807) is 18.2 Å². The quantitative estimate of drug-likeness (QED) is 0.646. The van der Waals surface area contributed by atoms with Gasteiger partial charge in [0, 0.05) is 18.7 Å². The zero-order chi connectivity index (χ0) is 15.2. The third-order valence-corrected chi connectivity index (χ3v) is 2.90. The van der Waals surface area contributed by atoms with E-state index in [4.69, 9.17) is 0 Å². The summed E-state index contributed by atoms with van der Waals surface area (Å²) >= 11 is 0. The van der Waals surface area contributed by atoms with Crippen molar-refractivity contribution in [3.8, 4) is 0 Å². The van der Waals surface area contributed by atoms with E-state index in [1.807, 2.05) is 25.1 Å². The van der Waals surface area contributed by atoms with Crippen LogP contribution in [0.5, 0.6) is 0 Å². The molecule has 1 heterocycles. The van der Waals surface area contributed by atoms with Crippen molar-refractivity contribution >= 4 is 23.8 Å². The summed E-state index contributed by atoms with van der Waals surface area (Å²) in [7, 11) is 0. The summed E-state index contributed by atoms with van der Waals surface area (Å²) in [4.78, 5) is 17.8. The highest BCUT2D eigenvalue weighted by Crippen LogP contribution is 2.13. The average molecular weight is 284 g/mol. The third kappa shape index (κ3) is 3.56. The number of nitro benzene ring substituents is 1. The van der Waals surface area contributed by atoms with Gasteiger partial charge in [0.1, 0.15) is 0 Å². The number of imidazole rings is 1. The molecule has 0 saturated carbocycles. The highest BCUT2D eigenvalue weighted by molar-refractivity contribution is 5.39. The lowest BCUT2D eigenvalue weighted by molar-refractivity contribution is -0.384. The molecule has 0 aliphatic carbocycles. The van der Waals surface area contributed by atoms with Crippen LogP contribution in [0.15, 0.2) is 36.9 Å². The Balaban J connectivity index is 2.17. The summed E-state index contributed by atoms with van der Waals surface area (Å²) in [6.45, 7) is 6.01. The van der Waals surface area contributed by atoms with Gasteiger partial charge in [-0.1, -0.05) is 30.9 Å². The minimum atomic E-state index is -0.405. The number of nitro groups is 1. The van der Waals surface area contributed by atoms with E-state index in [0.29, 0.717) is 12.5 Å². The van der Waals surface area contributed by atoms with E-state index in [9.17, 15) is 10.1 Å². The Morgan fingerprint density at radius 1 is 1.52 bits per heavy atom. The Labute approximate surface area is 121 Å². The van der Waals surface area contributed by atoms with Crippen molar-refractivity contribution < 1.29 is 4.92 Å². The lowest BCUT2D eigenvalue weighted by Gasteiger charge is -2.02. The second-order valence-corrected chi connectivity index (χ2v) is 4.36. The monoisotopic (exact) mass is 284 g/mol. The van der Waals surface area contributed by atoms with Crippen LogP contribution < -0.4 is 16.0 Å². The van der Waals surface area contributed by atoms with Crippen LogP contribution in [-0.2, 0) is 6.54 Å². The molecule has 0 amide bonds. The summed E-state index contributed by atoms with van der Waals surface area (Å²) in [6.07, 6.45) is 5.41. The lowest BCUT2D eigenvalue weighted by atomic mass is 10.2. The van der Waals surface area contributed by atoms with E-state index in [2.05, 4.69) is 21.9 Å². The number of allylic oxidation sites excluding steroid dienone is 1. The predicted molar refractivity (Wildman–Crippen MR) is 83.1 cm³/mol. The van der Waals surface area contributed by atoms with Crippen LogP contribution in [-0.4, -0.2) is 14.9 Å². The van der Waals surface area contributed by atoms with Gasteiger partial charge in [0.15, 0.2) is 0 Å². The van der Waals surface area contributed by atoms with Gasteiger partial charge in [-0.05, 0) is 18.6 Å². The second kappa shape index (κ2) is 6.51. The molecule has 1 aromatic heterocycles. The first-order valence-corrected chi connectivity index (χ1v) is 6.46. The molecule has 0 spiro atoms. The fraction of sp³-hybridized carbons (Fsp3) is 0.133. The molecule has 0 aliphatic heterocycles. The normalized spacial score (nSPS) is 12.4. The smallest absolute Gasteiger partial charge is 0.269 e. The number of anilines is 1. The highest BCUT2D eigenvalue weighted by Gasteiger charge is 2.05. The molecule has 0 saturated heterocycles. The number of nitrogens with zero attached hydrogens (tertiary/aromatic N) is 2. The Morgan fingerprint density at radius 3 is 3.00 bits per heavy atom. The van der Waals surface area contributed by atoms with Gasteiger partial charge in [-0.2, -0.15) is 0 Å². The van der Waals surface area contributed by atoms with Crippen LogP contribution in [0.25, 0.3) is 12.2 Å². The summed E-state index contributed by atoms with van der Waals surface area (Å²) < 4.78 is 0. The third-order valence-electron chi connectivity index (χ3n) is 2.90. The number of hydrogen-bond acceptors (Lipinski definition) is 4. The van der Waals surface area contributed by atoms with Crippen molar-refractivity contribution in [2.45, 2.75) is 13.5 Å². The molecule has 0 fully saturated rings. The molecule has 1 aromatic carbocycles. The number of non-ortho nitro benzene ring substituents is 1. The molecule has 0 radical (unpaired) electrons. The maximum atomic E-state index is 10.7. The first-order valence-electron chi connectivity index (χ1n) is 6.46. The number of aromatic nitrogens is 2. The molecular weight excluding hydrogens is 268 g/mol. The zero-order valence-corrected chi connectivity index (χ0v) is 11.7. The Morgan fingerprint density at radius 2 is 2.33 bits per heavy atom. The number of nitrogens with one attached hydrogen (secondary N) is 2. The van der Waals surface area contributed by atoms with Crippen LogP contribution >= 0.6 is 0 Å². The first kappa shape index (κ1) is 14.5. The van der Waals surface area contributed by atoms with Gasteiger partial charge in [-0.15, -0.1) is 0 Å². The average Bonchev–Trinajstić information content (AvgIpc) is 2.88. The Hall–Kier alpha value is -2.89. The molecule has 6 nitrogen and oxygen atoms in total. The van der Waals surface area contributed by atoms with Crippen molar-refractivity contribution in [1.82, 2.24) is 9.97 Å². The van der Waals surface area contributed by atoms with Gasteiger partial charge < -0.3 is 10.3 Å². The molecule has 0 aliphatic rings. The molecule has 0 atom stereocenters. The SMILES string of the molecule is C=C/C=c1/[nH]c(NCc2cccc([N+](=O)[O-])c2)n/c1=C/C. The van der Waals surface area contributed by atoms with Crippen molar-refractivity contribution in [1.29, 1.82) is 0 Å². The largest absolute Gasteiger partial charge is 0.352 e. The van der Waals surface area contributed by atoms with E-state index in [0.717, 1.165) is 16.3 Å². The Kier molecular flexibility index (Phi) is 4.50. The topological polar surface area (TPSA) is 83.8 Å². The molecule has 0 bridgehead atoms. The standard InChI is InChI=1S/C15H16N4O2/c1-3-6-14-13(4-2)17-15(18-14)16-10-11-7-5-8-12(9-11)19(20)21/h3-9H,1,10H2,2H3,(H2,16,17,18)/b13-4+,14-6+. The van der Waals surface area contributed by atoms with Crippen LogP contribution in [0.1, 0.15) is 12.5 Å². The summed E-state index contributed by atoms with van der Waals surface area (Å²) in [5.41, 5.74) is 0.897. The Bertz CT molecular complexity index is 777. The van der Waals surface area contributed by atoms with Gasteiger partial charge >= 0.3 is 0 Å². The summed E-state index contributed by atoms with van der Waals surface area (Å²) in [5.74, 6) is 0.614. The van der Waals surface area contributed by atoms with Crippen LogP contribution in [0, 0.1) is 10.1 Å². The van der Waals surface area contributed by atoms with Crippen molar-refractivity contribution in [3.05, 3.63) is 63.3 Å². The first-order chi connectivity index (χ1) is 10.1. The molecule has 108 valence electrons. The lowest BCUT2D eigenvalue weighted by Crippen LogP contribution is -2.23. The number of benzene rings is 1. The molecule has 21 heavy (non-hydrogen) atoms. The van der Waals surface area contributed by atoms with Gasteiger partial charge in [0.2, 0.25) is 5.95 Å². The minimum absolute atomic E-state index is 0.0806.